The van der Waals surface area contributed by atoms with Crippen molar-refractivity contribution in [2.24, 2.45) is 0 Å². The van der Waals surface area contributed by atoms with Crippen LogP contribution >= 0.6 is 0 Å². The summed E-state index contributed by atoms with van der Waals surface area (Å²) >= 11 is 0. The molecule has 0 aliphatic carbocycles. The van der Waals surface area contributed by atoms with Crippen molar-refractivity contribution in [1.29, 1.82) is 0 Å². The Hall–Kier alpha value is -1.35. The van der Waals surface area contributed by atoms with E-state index in [0.717, 1.165) is 31.0 Å². The predicted molar refractivity (Wildman–Crippen MR) is 76.0 cm³/mol. The van der Waals surface area contributed by atoms with Gasteiger partial charge in [-0.3, -0.25) is 0 Å². The number of nitrogens with one attached hydrogen (secondary N) is 1. The Morgan fingerprint density at radius 3 is 2.83 bits per heavy atom. The van der Waals surface area contributed by atoms with Gasteiger partial charge in [-0.15, -0.1) is 6.58 Å². The predicted octanol–water partition coefficient (Wildman–Crippen LogP) is 3.27. The van der Waals surface area contributed by atoms with Gasteiger partial charge in [0.25, 0.3) is 0 Å². The van der Waals surface area contributed by atoms with Crippen LogP contribution in [0, 0.1) is 0 Å². The van der Waals surface area contributed by atoms with E-state index in [2.05, 4.69) is 36.8 Å². The molecular formula is C15H24N2O. The van der Waals surface area contributed by atoms with Crippen molar-refractivity contribution < 1.29 is 4.74 Å². The van der Waals surface area contributed by atoms with Crippen LogP contribution in [0.2, 0.25) is 0 Å². The minimum absolute atomic E-state index is 0.414. The maximum absolute atomic E-state index is 5.70. The molecule has 0 aromatic carbocycles. The summed E-state index contributed by atoms with van der Waals surface area (Å²) in [6, 6.07) is 4.15. The molecule has 0 saturated carbocycles. The summed E-state index contributed by atoms with van der Waals surface area (Å²) < 4.78 is 5.70. The number of nitrogens with zero attached hydrogens (tertiary/aromatic N) is 1. The van der Waals surface area contributed by atoms with Gasteiger partial charge in [0.15, 0.2) is 0 Å². The standard InChI is InChI=1S/C15H24N2O/c1-5-6-7-8-18-15-10-13(11-16-4)9-14(17-15)12(2)3/h5,9-10,12,16H,1,6-8,11H2,2-4H3. The molecule has 0 atom stereocenters. The highest BCUT2D eigenvalue weighted by Crippen LogP contribution is 2.19. The summed E-state index contributed by atoms with van der Waals surface area (Å²) in [6.07, 6.45) is 3.87. The van der Waals surface area contributed by atoms with Gasteiger partial charge in [-0.25, -0.2) is 4.98 Å². The maximum atomic E-state index is 5.70. The Morgan fingerprint density at radius 1 is 1.44 bits per heavy atom. The molecule has 0 unspecified atom stereocenters. The van der Waals surface area contributed by atoms with Crippen LogP contribution in [0.25, 0.3) is 0 Å². The van der Waals surface area contributed by atoms with Crippen LogP contribution in [-0.4, -0.2) is 18.6 Å². The van der Waals surface area contributed by atoms with Crippen LogP contribution in [0.3, 0.4) is 0 Å². The van der Waals surface area contributed by atoms with Crippen molar-refractivity contribution in [3.63, 3.8) is 0 Å². The normalized spacial score (nSPS) is 10.7. The number of allylic oxidation sites excluding steroid dienone is 1. The first-order valence-corrected chi connectivity index (χ1v) is 6.56. The van der Waals surface area contributed by atoms with Crippen molar-refractivity contribution in [3.05, 3.63) is 36.0 Å². The van der Waals surface area contributed by atoms with Gasteiger partial charge in [0.05, 0.1) is 6.61 Å². The van der Waals surface area contributed by atoms with E-state index in [1.807, 2.05) is 19.2 Å². The SMILES string of the molecule is C=CCCCOc1cc(CNC)cc(C(C)C)n1. The van der Waals surface area contributed by atoms with E-state index in [0.29, 0.717) is 12.5 Å². The summed E-state index contributed by atoms with van der Waals surface area (Å²) in [4.78, 5) is 4.54. The molecule has 100 valence electrons. The second-order valence-corrected chi connectivity index (χ2v) is 4.70. The Balaban J connectivity index is 2.72. The number of rotatable bonds is 8. The first kappa shape index (κ1) is 14.7. The molecule has 1 aromatic rings. The Bertz CT molecular complexity index is 375. The monoisotopic (exact) mass is 248 g/mol. The summed E-state index contributed by atoms with van der Waals surface area (Å²) in [7, 11) is 1.94. The molecule has 0 bridgehead atoms. The van der Waals surface area contributed by atoms with Gasteiger partial charge in [0.1, 0.15) is 0 Å². The molecule has 1 heterocycles. The molecular weight excluding hydrogens is 224 g/mol. The summed E-state index contributed by atoms with van der Waals surface area (Å²) in [5.74, 6) is 1.15. The van der Waals surface area contributed by atoms with Gasteiger partial charge < -0.3 is 10.1 Å². The largest absolute Gasteiger partial charge is 0.478 e. The van der Waals surface area contributed by atoms with Crippen LogP contribution in [0.15, 0.2) is 24.8 Å². The molecule has 0 aliphatic heterocycles. The van der Waals surface area contributed by atoms with Gasteiger partial charge in [-0.05, 0) is 37.4 Å². The van der Waals surface area contributed by atoms with Gasteiger partial charge in [-0.2, -0.15) is 0 Å². The first-order valence-electron chi connectivity index (χ1n) is 6.56. The fourth-order valence-electron chi connectivity index (χ4n) is 1.66. The first-order chi connectivity index (χ1) is 8.67. The van der Waals surface area contributed by atoms with Crippen LogP contribution in [0.4, 0.5) is 0 Å². The van der Waals surface area contributed by atoms with Crippen LogP contribution in [0.1, 0.15) is 43.9 Å². The molecule has 1 aromatic heterocycles. The van der Waals surface area contributed by atoms with E-state index >= 15 is 0 Å². The number of aromatic nitrogens is 1. The lowest BCUT2D eigenvalue weighted by molar-refractivity contribution is 0.298. The minimum atomic E-state index is 0.414. The molecule has 0 radical (unpaired) electrons. The lowest BCUT2D eigenvalue weighted by Gasteiger charge is -2.11. The zero-order valence-corrected chi connectivity index (χ0v) is 11.7. The Labute approximate surface area is 110 Å². The Morgan fingerprint density at radius 2 is 2.22 bits per heavy atom. The number of hydrogen-bond acceptors (Lipinski definition) is 3. The molecule has 0 aliphatic rings. The van der Waals surface area contributed by atoms with E-state index in [9.17, 15) is 0 Å². The third-order valence-corrected chi connectivity index (χ3v) is 2.66. The number of ether oxygens (including phenoxy) is 1. The van der Waals surface area contributed by atoms with Crippen molar-refractivity contribution in [3.8, 4) is 5.88 Å². The van der Waals surface area contributed by atoms with Gasteiger partial charge in [-0.1, -0.05) is 19.9 Å². The van der Waals surface area contributed by atoms with Gasteiger partial charge in [0.2, 0.25) is 5.88 Å². The molecule has 0 amide bonds. The molecule has 18 heavy (non-hydrogen) atoms. The quantitative estimate of drug-likeness (QED) is 0.566. The van der Waals surface area contributed by atoms with E-state index < -0.39 is 0 Å². The van der Waals surface area contributed by atoms with E-state index in [4.69, 9.17) is 4.74 Å². The average molecular weight is 248 g/mol. The lowest BCUT2D eigenvalue weighted by Crippen LogP contribution is -2.08. The highest BCUT2D eigenvalue weighted by molar-refractivity contribution is 5.26. The maximum Gasteiger partial charge on any atom is 0.213 e. The highest BCUT2D eigenvalue weighted by atomic mass is 16.5. The second kappa shape index (κ2) is 7.88. The fourth-order valence-corrected chi connectivity index (χ4v) is 1.66. The summed E-state index contributed by atoms with van der Waals surface area (Å²) in [5.41, 5.74) is 2.30. The Kier molecular flexibility index (Phi) is 6.44. The minimum Gasteiger partial charge on any atom is -0.478 e. The van der Waals surface area contributed by atoms with Gasteiger partial charge >= 0.3 is 0 Å². The molecule has 3 nitrogen and oxygen atoms in total. The number of pyridine rings is 1. The number of hydrogen-bond donors (Lipinski definition) is 1. The topological polar surface area (TPSA) is 34.1 Å². The van der Waals surface area contributed by atoms with E-state index in [1.165, 1.54) is 5.56 Å². The number of unbranched alkanes of at least 4 members (excludes halogenated alkanes) is 1. The fraction of sp³-hybridized carbons (Fsp3) is 0.533. The summed E-state index contributed by atoms with van der Waals surface area (Å²) in [6.45, 7) is 9.53. The van der Waals surface area contributed by atoms with Crippen LogP contribution in [0.5, 0.6) is 5.88 Å². The molecule has 1 rings (SSSR count). The van der Waals surface area contributed by atoms with E-state index in [-0.39, 0.29) is 0 Å². The molecule has 3 heteroatoms. The second-order valence-electron chi connectivity index (χ2n) is 4.70. The van der Waals surface area contributed by atoms with Crippen molar-refractivity contribution >= 4 is 0 Å². The van der Waals surface area contributed by atoms with Crippen molar-refractivity contribution in [1.82, 2.24) is 10.3 Å². The van der Waals surface area contributed by atoms with Crippen molar-refractivity contribution in [2.75, 3.05) is 13.7 Å². The van der Waals surface area contributed by atoms with Crippen LogP contribution < -0.4 is 10.1 Å². The third kappa shape index (κ3) is 4.88. The lowest BCUT2D eigenvalue weighted by atomic mass is 10.1. The average Bonchev–Trinajstić information content (AvgIpc) is 2.35. The molecule has 0 fully saturated rings. The zero-order valence-electron chi connectivity index (χ0n) is 11.7. The highest BCUT2D eigenvalue weighted by Gasteiger charge is 2.06. The van der Waals surface area contributed by atoms with Gasteiger partial charge in [0, 0.05) is 18.3 Å². The third-order valence-electron chi connectivity index (χ3n) is 2.66. The zero-order chi connectivity index (χ0) is 13.4. The molecule has 0 spiro atoms. The smallest absolute Gasteiger partial charge is 0.213 e. The molecule has 1 N–H and O–H groups in total. The summed E-state index contributed by atoms with van der Waals surface area (Å²) in [5, 5.41) is 3.16. The molecule has 0 saturated heterocycles. The van der Waals surface area contributed by atoms with Crippen molar-refractivity contribution in [2.45, 2.75) is 39.2 Å². The van der Waals surface area contributed by atoms with E-state index in [1.54, 1.807) is 0 Å². The van der Waals surface area contributed by atoms with Crippen LogP contribution in [-0.2, 0) is 6.54 Å².